The van der Waals surface area contributed by atoms with E-state index in [-0.39, 0.29) is 0 Å². The Balaban J connectivity index is 1.86. The first kappa shape index (κ1) is 18.1. The van der Waals surface area contributed by atoms with Crippen LogP contribution in [0.15, 0.2) is 60.7 Å². The highest BCUT2D eigenvalue weighted by Crippen LogP contribution is 2.28. The third kappa shape index (κ3) is 3.91. The van der Waals surface area contributed by atoms with Crippen LogP contribution in [-0.2, 0) is 13.1 Å². The largest absolute Gasteiger partial charge is 0.381 e. The second-order valence-electron chi connectivity index (χ2n) is 6.90. The van der Waals surface area contributed by atoms with E-state index in [1.165, 1.54) is 33.4 Å². The lowest BCUT2D eigenvalue weighted by Gasteiger charge is -2.22. The molecule has 0 unspecified atom stereocenters. The van der Waals surface area contributed by atoms with Crippen LogP contribution >= 0.6 is 0 Å². The third-order valence-corrected chi connectivity index (χ3v) is 5.42. The molecule has 0 saturated heterocycles. The molecule has 0 aliphatic carbocycles. The predicted octanol–water partition coefficient (Wildman–Crippen LogP) is 6.14. The molecule has 2 N–H and O–H groups in total. The molecule has 2 heteroatoms. The highest BCUT2D eigenvalue weighted by Gasteiger charge is 2.14. The number of hydrogen-bond acceptors (Lipinski definition) is 2. The van der Waals surface area contributed by atoms with Crippen LogP contribution in [0.2, 0.25) is 0 Å². The van der Waals surface area contributed by atoms with Crippen molar-refractivity contribution in [2.45, 2.75) is 40.8 Å². The van der Waals surface area contributed by atoms with Crippen LogP contribution in [0.1, 0.15) is 33.4 Å². The van der Waals surface area contributed by atoms with Crippen LogP contribution in [0.4, 0.5) is 11.4 Å². The lowest BCUT2D eigenvalue weighted by atomic mass is 9.88. The molecule has 26 heavy (non-hydrogen) atoms. The van der Waals surface area contributed by atoms with Crippen molar-refractivity contribution < 1.29 is 0 Å². The monoisotopic (exact) mass is 344 g/mol. The van der Waals surface area contributed by atoms with E-state index in [4.69, 9.17) is 0 Å². The van der Waals surface area contributed by atoms with Crippen molar-refractivity contribution >= 4 is 11.4 Å². The van der Waals surface area contributed by atoms with Gasteiger partial charge in [-0.15, -0.1) is 0 Å². The molecule has 0 amide bonds. The summed E-state index contributed by atoms with van der Waals surface area (Å²) in [6, 6.07) is 20.8. The fourth-order valence-electron chi connectivity index (χ4n) is 3.50. The first-order chi connectivity index (χ1) is 12.6. The molecule has 0 saturated carbocycles. The predicted molar refractivity (Wildman–Crippen MR) is 113 cm³/mol. The van der Waals surface area contributed by atoms with E-state index >= 15 is 0 Å². The Morgan fingerprint density at radius 2 is 0.885 bits per heavy atom. The number of benzene rings is 3. The van der Waals surface area contributed by atoms with Crippen molar-refractivity contribution in [1.82, 2.24) is 0 Å². The molecule has 0 radical (unpaired) electrons. The van der Waals surface area contributed by atoms with Gasteiger partial charge in [-0.3, -0.25) is 0 Å². The maximum absolute atomic E-state index is 3.57. The van der Waals surface area contributed by atoms with Crippen LogP contribution in [0, 0.1) is 27.7 Å². The Labute approximate surface area is 157 Å². The van der Waals surface area contributed by atoms with Crippen molar-refractivity contribution in [1.29, 1.82) is 0 Å². The van der Waals surface area contributed by atoms with Gasteiger partial charge in [-0.05, 0) is 85.3 Å². The van der Waals surface area contributed by atoms with Crippen LogP contribution in [0.3, 0.4) is 0 Å². The zero-order chi connectivity index (χ0) is 18.5. The van der Waals surface area contributed by atoms with E-state index in [0.29, 0.717) is 0 Å². The van der Waals surface area contributed by atoms with Crippen molar-refractivity contribution in [2.24, 2.45) is 0 Å². The third-order valence-electron chi connectivity index (χ3n) is 5.42. The average Bonchev–Trinajstić information content (AvgIpc) is 2.68. The van der Waals surface area contributed by atoms with Gasteiger partial charge in [-0.2, -0.15) is 0 Å². The highest BCUT2D eigenvalue weighted by atomic mass is 14.9. The van der Waals surface area contributed by atoms with E-state index in [9.17, 15) is 0 Å². The summed E-state index contributed by atoms with van der Waals surface area (Å²) in [6.07, 6.45) is 0. The molecule has 3 rings (SSSR count). The molecular formula is C24H28N2. The molecule has 0 aromatic heterocycles. The standard InChI is InChI=1S/C24H28N2/c1-17-18(2)23(15-25-21-11-7-5-8-12-21)20(4)24(19(17)3)16-26-22-13-9-6-10-14-22/h5-14,25-26H,15-16H2,1-4H3. The SMILES string of the molecule is Cc1c(C)c(CNc2ccccc2)c(C)c(CNc2ccccc2)c1C. The molecule has 0 aliphatic heterocycles. The molecule has 0 bridgehead atoms. The average molecular weight is 345 g/mol. The number of rotatable bonds is 6. The van der Waals surface area contributed by atoms with Gasteiger partial charge in [0.2, 0.25) is 0 Å². The molecule has 3 aromatic rings. The molecule has 0 fully saturated rings. The van der Waals surface area contributed by atoms with Gasteiger partial charge in [0.25, 0.3) is 0 Å². The second kappa shape index (κ2) is 8.09. The van der Waals surface area contributed by atoms with Crippen LogP contribution < -0.4 is 10.6 Å². The Kier molecular flexibility index (Phi) is 5.62. The fraction of sp³-hybridized carbons (Fsp3) is 0.250. The Hall–Kier alpha value is -2.74. The fourth-order valence-corrected chi connectivity index (χ4v) is 3.50. The summed E-state index contributed by atoms with van der Waals surface area (Å²) >= 11 is 0. The summed E-state index contributed by atoms with van der Waals surface area (Å²) in [6.45, 7) is 10.7. The highest BCUT2D eigenvalue weighted by molar-refractivity contribution is 5.54. The quantitative estimate of drug-likeness (QED) is 0.561. The summed E-state index contributed by atoms with van der Waals surface area (Å²) in [5.41, 5.74) is 10.7. The van der Waals surface area contributed by atoms with Gasteiger partial charge in [0.1, 0.15) is 0 Å². The van der Waals surface area contributed by atoms with E-state index in [2.05, 4.69) is 86.9 Å². The smallest absolute Gasteiger partial charge is 0.0406 e. The minimum absolute atomic E-state index is 0.848. The molecule has 0 atom stereocenters. The molecule has 3 aromatic carbocycles. The maximum Gasteiger partial charge on any atom is 0.0406 e. The van der Waals surface area contributed by atoms with Crippen molar-refractivity contribution in [3.63, 3.8) is 0 Å². The van der Waals surface area contributed by atoms with Crippen LogP contribution in [-0.4, -0.2) is 0 Å². The summed E-state index contributed by atoms with van der Waals surface area (Å²) in [4.78, 5) is 0. The summed E-state index contributed by atoms with van der Waals surface area (Å²) < 4.78 is 0. The van der Waals surface area contributed by atoms with Crippen molar-refractivity contribution in [3.05, 3.63) is 94.0 Å². The van der Waals surface area contributed by atoms with Crippen LogP contribution in [0.25, 0.3) is 0 Å². The molecule has 0 aliphatic rings. The molecule has 134 valence electrons. The maximum atomic E-state index is 3.57. The van der Waals surface area contributed by atoms with Gasteiger partial charge in [0.15, 0.2) is 0 Å². The number of anilines is 2. The number of hydrogen-bond donors (Lipinski definition) is 2. The lowest BCUT2D eigenvalue weighted by molar-refractivity contribution is 1.00. The molecular weight excluding hydrogens is 316 g/mol. The van der Waals surface area contributed by atoms with Gasteiger partial charge >= 0.3 is 0 Å². The molecule has 0 heterocycles. The van der Waals surface area contributed by atoms with Crippen molar-refractivity contribution in [2.75, 3.05) is 10.6 Å². The molecule has 2 nitrogen and oxygen atoms in total. The first-order valence-electron chi connectivity index (χ1n) is 9.24. The van der Waals surface area contributed by atoms with E-state index in [0.717, 1.165) is 24.5 Å². The summed E-state index contributed by atoms with van der Waals surface area (Å²) in [7, 11) is 0. The first-order valence-corrected chi connectivity index (χ1v) is 9.24. The minimum atomic E-state index is 0.848. The zero-order valence-electron chi connectivity index (χ0n) is 16.2. The Morgan fingerprint density at radius 3 is 1.27 bits per heavy atom. The van der Waals surface area contributed by atoms with E-state index < -0.39 is 0 Å². The topological polar surface area (TPSA) is 24.1 Å². The van der Waals surface area contributed by atoms with Crippen LogP contribution in [0.5, 0.6) is 0 Å². The zero-order valence-corrected chi connectivity index (χ0v) is 16.2. The number of para-hydroxylation sites is 2. The van der Waals surface area contributed by atoms with Gasteiger partial charge in [0.05, 0.1) is 0 Å². The Bertz CT molecular complexity index is 797. The van der Waals surface area contributed by atoms with E-state index in [1.54, 1.807) is 0 Å². The normalized spacial score (nSPS) is 10.6. The van der Waals surface area contributed by atoms with Gasteiger partial charge < -0.3 is 10.6 Å². The summed E-state index contributed by atoms with van der Waals surface area (Å²) in [5, 5.41) is 7.14. The van der Waals surface area contributed by atoms with Crippen molar-refractivity contribution in [3.8, 4) is 0 Å². The van der Waals surface area contributed by atoms with Gasteiger partial charge in [0, 0.05) is 24.5 Å². The second-order valence-corrected chi connectivity index (χ2v) is 6.90. The number of nitrogens with one attached hydrogen (secondary N) is 2. The molecule has 0 spiro atoms. The summed E-state index contributed by atoms with van der Waals surface area (Å²) in [5.74, 6) is 0. The van der Waals surface area contributed by atoms with Gasteiger partial charge in [-0.25, -0.2) is 0 Å². The van der Waals surface area contributed by atoms with Gasteiger partial charge in [-0.1, -0.05) is 36.4 Å². The van der Waals surface area contributed by atoms with E-state index in [1.807, 2.05) is 12.1 Å². The Morgan fingerprint density at radius 1 is 0.500 bits per heavy atom. The minimum Gasteiger partial charge on any atom is -0.381 e. The lowest BCUT2D eigenvalue weighted by Crippen LogP contribution is -2.12.